The van der Waals surface area contributed by atoms with Crippen LogP contribution in [0.4, 0.5) is 0 Å². The fraction of sp³-hybridized carbons (Fsp3) is 0.200. The molecule has 0 aliphatic heterocycles. The molecular formula is C10H11NO2. The zero-order valence-corrected chi connectivity index (χ0v) is 7.61. The van der Waals surface area contributed by atoms with Crippen molar-refractivity contribution in [1.82, 2.24) is 4.98 Å². The van der Waals surface area contributed by atoms with E-state index in [4.69, 9.17) is 0 Å². The standard InChI is InChI=1S/C10H11NO2/c1-7(12)10(8(2)13)9-3-5-11-6-4-9/h3-6,12H,1-2H3/b10-7-. The number of nitrogens with zero attached hydrogens (tertiary/aromatic N) is 1. The number of ketones is 1. The minimum atomic E-state index is -0.147. The molecule has 0 aromatic carbocycles. The van der Waals surface area contributed by atoms with Crippen LogP contribution in [0.15, 0.2) is 30.3 Å². The van der Waals surface area contributed by atoms with E-state index in [9.17, 15) is 9.90 Å². The Balaban J connectivity index is 3.20. The van der Waals surface area contributed by atoms with Crippen LogP contribution in [-0.4, -0.2) is 15.9 Å². The van der Waals surface area contributed by atoms with Gasteiger partial charge in [-0.15, -0.1) is 0 Å². The summed E-state index contributed by atoms with van der Waals surface area (Å²) in [7, 11) is 0. The van der Waals surface area contributed by atoms with E-state index < -0.39 is 0 Å². The van der Waals surface area contributed by atoms with Gasteiger partial charge in [-0.3, -0.25) is 9.78 Å². The number of rotatable bonds is 2. The molecule has 0 unspecified atom stereocenters. The third-order valence-electron chi connectivity index (χ3n) is 1.68. The summed E-state index contributed by atoms with van der Waals surface area (Å²) in [4.78, 5) is 15.0. The first kappa shape index (κ1) is 9.45. The van der Waals surface area contributed by atoms with Crippen LogP contribution < -0.4 is 0 Å². The number of carbonyl (C=O) groups is 1. The topological polar surface area (TPSA) is 50.2 Å². The second-order valence-corrected chi connectivity index (χ2v) is 2.75. The zero-order valence-electron chi connectivity index (χ0n) is 7.61. The molecular weight excluding hydrogens is 166 g/mol. The Hall–Kier alpha value is -1.64. The summed E-state index contributed by atoms with van der Waals surface area (Å²) in [6.45, 7) is 2.92. The van der Waals surface area contributed by atoms with Gasteiger partial charge in [0.05, 0.1) is 5.57 Å². The van der Waals surface area contributed by atoms with Gasteiger partial charge in [0.25, 0.3) is 0 Å². The van der Waals surface area contributed by atoms with E-state index in [-0.39, 0.29) is 11.5 Å². The quantitative estimate of drug-likeness (QED) is 0.555. The van der Waals surface area contributed by atoms with Crippen LogP contribution in [0.5, 0.6) is 0 Å². The molecule has 0 atom stereocenters. The fourth-order valence-corrected chi connectivity index (χ4v) is 1.19. The summed E-state index contributed by atoms with van der Waals surface area (Å²) < 4.78 is 0. The highest BCUT2D eigenvalue weighted by Gasteiger charge is 2.09. The molecule has 1 rings (SSSR count). The lowest BCUT2D eigenvalue weighted by atomic mass is 10.0. The maximum Gasteiger partial charge on any atom is 0.163 e. The molecule has 0 saturated carbocycles. The number of aromatic nitrogens is 1. The van der Waals surface area contributed by atoms with Crippen LogP contribution in [0, 0.1) is 0 Å². The summed E-state index contributed by atoms with van der Waals surface area (Å²) in [6.07, 6.45) is 3.17. The number of aliphatic hydroxyl groups is 1. The average molecular weight is 177 g/mol. The summed E-state index contributed by atoms with van der Waals surface area (Å²) in [5.41, 5.74) is 1.05. The van der Waals surface area contributed by atoms with Gasteiger partial charge in [-0.2, -0.15) is 0 Å². The number of hydrogen-bond acceptors (Lipinski definition) is 3. The number of allylic oxidation sites excluding steroid dienone is 2. The maximum absolute atomic E-state index is 11.1. The Morgan fingerprint density at radius 2 is 1.85 bits per heavy atom. The number of hydrogen-bond donors (Lipinski definition) is 1. The predicted octanol–water partition coefficient (Wildman–Crippen LogP) is 1.96. The van der Waals surface area contributed by atoms with Gasteiger partial charge in [-0.25, -0.2) is 0 Å². The second kappa shape index (κ2) is 3.85. The fourth-order valence-electron chi connectivity index (χ4n) is 1.19. The highest BCUT2D eigenvalue weighted by atomic mass is 16.3. The van der Waals surface area contributed by atoms with E-state index in [0.717, 1.165) is 0 Å². The lowest BCUT2D eigenvalue weighted by Crippen LogP contribution is -1.99. The minimum absolute atomic E-state index is 0.0405. The molecule has 1 heterocycles. The van der Waals surface area contributed by atoms with Crippen molar-refractivity contribution in [2.45, 2.75) is 13.8 Å². The highest BCUT2D eigenvalue weighted by Crippen LogP contribution is 2.17. The first-order valence-corrected chi connectivity index (χ1v) is 3.94. The van der Waals surface area contributed by atoms with Crippen LogP contribution in [0.1, 0.15) is 19.4 Å². The molecule has 3 nitrogen and oxygen atoms in total. The van der Waals surface area contributed by atoms with E-state index in [1.54, 1.807) is 24.5 Å². The summed E-state index contributed by atoms with van der Waals surface area (Å²) in [5.74, 6) is -0.107. The number of aliphatic hydroxyl groups excluding tert-OH is 1. The first-order chi connectivity index (χ1) is 6.13. The normalized spacial score (nSPS) is 12.2. The van der Waals surface area contributed by atoms with Crippen molar-refractivity contribution in [3.63, 3.8) is 0 Å². The monoisotopic (exact) mass is 177 g/mol. The first-order valence-electron chi connectivity index (χ1n) is 3.94. The number of pyridine rings is 1. The van der Waals surface area contributed by atoms with Gasteiger partial charge in [-0.05, 0) is 31.5 Å². The van der Waals surface area contributed by atoms with Gasteiger partial charge in [0.2, 0.25) is 0 Å². The molecule has 68 valence electrons. The molecule has 0 aliphatic rings. The summed E-state index contributed by atoms with van der Waals surface area (Å²) in [6, 6.07) is 3.38. The molecule has 13 heavy (non-hydrogen) atoms. The maximum atomic E-state index is 11.1. The van der Waals surface area contributed by atoms with Gasteiger partial charge in [-0.1, -0.05) is 0 Å². The van der Waals surface area contributed by atoms with Gasteiger partial charge in [0.1, 0.15) is 5.76 Å². The number of carbonyl (C=O) groups excluding carboxylic acids is 1. The smallest absolute Gasteiger partial charge is 0.163 e. The van der Waals surface area contributed by atoms with Crippen molar-refractivity contribution in [3.05, 3.63) is 35.8 Å². The average Bonchev–Trinajstić information content (AvgIpc) is 2.04. The van der Waals surface area contributed by atoms with Crippen LogP contribution >= 0.6 is 0 Å². The molecule has 1 aromatic rings. The van der Waals surface area contributed by atoms with E-state index in [1.165, 1.54) is 13.8 Å². The third-order valence-corrected chi connectivity index (χ3v) is 1.68. The molecule has 0 aliphatic carbocycles. The molecule has 0 radical (unpaired) electrons. The van der Waals surface area contributed by atoms with E-state index in [2.05, 4.69) is 4.98 Å². The molecule has 3 heteroatoms. The van der Waals surface area contributed by atoms with Crippen molar-refractivity contribution >= 4 is 11.4 Å². The Morgan fingerprint density at radius 1 is 1.31 bits per heavy atom. The van der Waals surface area contributed by atoms with Crippen LogP contribution in [-0.2, 0) is 4.79 Å². The van der Waals surface area contributed by atoms with Crippen molar-refractivity contribution in [3.8, 4) is 0 Å². The molecule has 0 amide bonds. The van der Waals surface area contributed by atoms with Gasteiger partial charge in [0.15, 0.2) is 5.78 Å². The molecule has 0 spiro atoms. The Bertz CT molecular complexity index is 337. The zero-order chi connectivity index (χ0) is 9.84. The highest BCUT2D eigenvalue weighted by molar-refractivity contribution is 6.19. The molecule has 1 N–H and O–H groups in total. The van der Waals surface area contributed by atoms with Gasteiger partial charge >= 0.3 is 0 Å². The number of Topliss-reactive ketones (excluding diaryl/α,β-unsaturated/α-hetero) is 1. The van der Waals surface area contributed by atoms with Crippen LogP contribution in [0.2, 0.25) is 0 Å². The minimum Gasteiger partial charge on any atom is -0.512 e. The summed E-state index contributed by atoms with van der Waals surface area (Å²) in [5, 5.41) is 9.27. The Morgan fingerprint density at radius 3 is 2.23 bits per heavy atom. The lowest BCUT2D eigenvalue weighted by Gasteiger charge is -2.03. The van der Waals surface area contributed by atoms with Crippen molar-refractivity contribution in [1.29, 1.82) is 0 Å². The van der Waals surface area contributed by atoms with E-state index in [1.807, 2.05) is 0 Å². The van der Waals surface area contributed by atoms with Crippen molar-refractivity contribution in [2.75, 3.05) is 0 Å². The van der Waals surface area contributed by atoms with Crippen LogP contribution in [0.25, 0.3) is 5.57 Å². The Labute approximate surface area is 76.7 Å². The van der Waals surface area contributed by atoms with Crippen LogP contribution in [0.3, 0.4) is 0 Å². The molecule has 1 aromatic heterocycles. The predicted molar refractivity (Wildman–Crippen MR) is 50.1 cm³/mol. The third kappa shape index (κ3) is 2.15. The van der Waals surface area contributed by atoms with E-state index in [0.29, 0.717) is 11.1 Å². The second-order valence-electron chi connectivity index (χ2n) is 2.75. The largest absolute Gasteiger partial charge is 0.512 e. The van der Waals surface area contributed by atoms with Gasteiger partial charge in [0, 0.05) is 12.4 Å². The Kier molecular flexibility index (Phi) is 2.80. The van der Waals surface area contributed by atoms with E-state index >= 15 is 0 Å². The SMILES string of the molecule is CC(=O)/C(=C(\C)O)c1ccncc1. The van der Waals surface area contributed by atoms with Crippen molar-refractivity contribution < 1.29 is 9.90 Å². The van der Waals surface area contributed by atoms with Crippen molar-refractivity contribution in [2.24, 2.45) is 0 Å². The summed E-state index contributed by atoms with van der Waals surface area (Å²) >= 11 is 0. The van der Waals surface area contributed by atoms with Gasteiger partial charge < -0.3 is 5.11 Å². The molecule has 0 bridgehead atoms. The lowest BCUT2D eigenvalue weighted by molar-refractivity contribution is -0.111. The molecule has 0 saturated heterocycles. The molecule has 0 fully saturated rings.